The zero-order valence-electron chi connectivity index (χ0n) is 15.7. The van der Waals surface area contributed by atoms with Gasteiger partial charge in [-0.05, 0) is 43.2 Å². The molecule has 5 N–H and O–H groups in total. The molecule has 1 fully saturated rings. The van der Waals surface area contributed by atoms with Crippen LogP contribution in [-0.4, -0.2) is 53.7 Å². The number of anilines is 2. The molecule has 0 unspecified atom stereocenters. The van der Waals surface area contributed by atoms with E-state index in [1.165, 1.54) is 42.8 Å². The highest BCUT2D eigenvalue weighted by molar-refractivity contribution is 7.99. The minimum Gasteiger partial charge on any atom is -0.480 e. The second-order valence-corrected chi connectivity index (χ2v) is 7.72. The molecular weight excluding hydrogens is 382 g/mol. The molecule has 1 saturated carbocycles. The van der Waals surface area contributed by atoms with Crippen molar-refractivity contribution in [3.05, 3.63) is 23.8 Å². The zero-order valence-corrected chi connectivity index (χ0v) is 16.6. The van der Waals surface area contributed by atoms with Gasteiger partial charge in [-0.1, -0.05) is 12.8 Å². The van der Waals surface area contributed by atoms with Crippen LogP contribution in [0.4, 0.5) is 11.4 Å². The third-order valence-corrected chi connectivity index (χ3v) is 5.36. The molecule has 28 heavy (non-hydrogen) atoms. The average Bonchev–Trinajstić information content (AvgIpc) is 3.17. The van der Waals surface area contributed by atoms with Crippen molar-refractivity contribution >= 4 is 40.9 Å². The average molecular weight is 410 g/mol. The van der Waals surface area contributed by atoms with Gasteiger partial charge in [0.1, 0.15) is 6.54 Å². The number of hydrogen-bond donors (Lipinski definition) is 4. The number of benzene rings is 1. The third-order valence-electron chi connectivity index (χ3n) is 4.31. The van der Waals surface area contributed by atoms with Gasteiger partial charge in [-0.15, -0.1) is 0 Å². The van der Waals surface area contributed by atoms with Gasteiger partial charge in [0, 0.05) is 12.2 Å². The number of carboxylic acids is 1. The lowest BCUT2D eigenvalue weighted by Gasteiger charge is -2.11. The number of amides is 2. The van der Waals surface area contributed by atoms with Gasteiger partial charge in [-0.25, -0.2) is 0 Å². The Hall–Kier alpha value is -2.26. The van der Waals surface area contributed by atoms with Crippen molar-refractivity contribution in [3.63, 3.8) is 0 Å². The van der Waals surface area contributed by atoms with E-state index < -0.39 is 18.4 Å². The first-order valence-corrected chi connectivity index (χ1v) is 10.5. The molecule has 1 aromatic rings. The Kier molecular flexibility index (Phi) is 9.09. The molecule has 2 amide bonds. The monoisotopic (exact) mass is 409 g/mol. The Balaban J connectivity index is 1.70. The predicted octanol–water partition coefficient (Wildman–Crippen LogP) is 2.10. The lowest BCUT2D eigenvalue weighted by Crippen LogP contribution is -2.29. The second-order valence-electron chi connectivity index (χ2n) is 6.61. The molecule has 2 rings (SSSR count). The van der Waals surface area contributed by atoms with Gasteiger partial charge in [0.05, 0.1) is 23.2 Å². The molecule has 1 aliphatic carbocycles. The van der Waals surface area contributed by atoms with Crippen LogP contribution in [0, 0.1) is 0 Å². The van der Waals surface area contributed by atoms with Crippen molar-refractivity contribution in [1.29, 1.82) is 0 Å². The van der Waals surface area contributed by atoms with Crippen molar-refractivity contribution in [1.82, 2.24) is 5.32 Å². The number of thioether (sulfide) groups is 1. The van der Waals surface area contributed by atoms with Crippen LogP contribution in [0.25, 0.3) is 0 Å². The van der Waals surface area contributed by atoms with Crippen molar-refractivity contribution in [2.45, 2.75) is 38.2 Å². The van der Waals surface area contributed by atoms with Crippen LogP contribution in [0.5, 0.6) is 0 Å². The quantitative estimate of drug-likeness (QED) is 0.325. The van der Waals surface area contributed by atoms with Gasteiger partial charge in [0.25, 0.3) is 5.91 Å². The summed E-state index contributed by atoms with van der Waals surface area (Å²) in [7, 11) is 0. The fraction of sp³-hybridized carbons (Fsp3) is 0.526. The van der Waals surface area contributed by atoms with E-state index in [1.54, 1.807) is 0 Å². The zero-order chi connectivity index (χ0) is 20.4. The van der Waals surface area contributed by atoms with Crippen LogP contribution in [0.2, 0.25) is 0 Å². The van der Waals surface area contributed by atoms with E-state index in [4.69, 9.17) is 15.6 Å². The number of carbonyl (C=O) groups excluding carboxylic acids is 2. The second kappa shape index (κ2) is 11.6. The highest BCUT2D eigenvalue weighted by Crippen LogP contribution is 2.22. The number of carboxylic acid groups (broad SMARTS) is 1. The Bertz CT molecular complexity index is 692. The fourth-order valence-corrected chi connectivity index (χ4v) is 3.60. The van der Waals surface area contributed by atoms with Gasteiger partial charge < -0.3 is 26.2 Å². The van der Waals surface area contributed by atoms with E-state index in [-0.39, 0.29) is 17.2 Å². The van der Waals surface area contributed by atoms with E-state index in [0.717, 1.165) is 31.6 Å². The Morgan fingerprint density at radius 1 is 1.25 bits per heavy atom. The first-order valence-electron chi connectivity index (χ1n) is 9.34. The molecular formula is C19H27N3O5S. The van der Waals surface area contributed by atoms with Crippen molar-refractivity contribution in [2.24, 2.45) is 0 Å². The van der Waals surface area contributed by atoms with Gasteiger partial charge in [0.15, 0.2) is 0 Å². The molecule has 0 heterocycles. The minimum atomic E-state index is -1.14. The maximum Gasteiger partial charge on any atom is 0.322 e. The highest BCUT2D eigenvalue weighted by atomic mass is 32.2. The molecule has 0 radical (unpaired) electrons. The Labute approximate surface area is 168 Å². The molecule has 8 nitrogen and oxygen atoms in total. The van der Waals surface area contributed by atoms with Crippen molar-refractivity contribution in [2.75, 3.05) is 35.7 Å². The van der Waals surface area contributed by atoms with Crippen LogP contribution >= 0.6 is 11.8 Å². The highest BCUT2D eigenvalue weighted by Gasteiger charge is 2.15. The SMILES string of the molecule is Nc1ccc(C(=O)NCC(=O)O)cc1NC(=O)CSCCCOC1CCCC1. The summed E-state index contributed by atoms with van der Waals surface area (Å²) in [5.74, 6) is -0.792. The number of ether oxygens (including phenoxy) is 1. The van der Waals surface area contributed by atoms with Gasteiger partial charge in [0.2, 0.25) is 5.91 Å². The number of carbonyl (C=O) groups is 3. The summed E-state index contributed by atoms with van der Waals surface area (Å²) in [6.07, 6.45) is 6.14. The number of aliphatic carboxylic acids is 1. The molecule has 0 spiro atoms. The maximum atomic E-state index is 12.1. The molecule has 0 saturated heterocycles. The van der Waals surface area contributed by atoms with E-state index in [0.29, 0.717) is 17.5 Å². The van der Waals surface area contributed by atoms with Crippen LogP contribution < -0.4 is 16.4 Å². The first-order chi connectivity index (χ1) is 13.5. The van der Waals surface area contributed by atoms with E-state index >= 15 is 0 Å². The number of hydrogen-bond acceptors (Lipinski definition) is 6. The molecule has 1 aromatic carbocycles. The normalized spacial score (nSPS) is 14.0. The lowest BCUT2D eigenvalue weighted by atomic mass is 10.1. The molecule has 9 heteroatoms. The number of rotatable bonds is 11. The summed E-state index contributed by atoms with van der Waals surface area (Å²) >= 11 is 1.51. The smallest absolute Gasteiger partial charge is 0.322 e. The van der Waals surface area contributed by atoms with Crippen LogP contribution in [0.3, 0.4) is 0 Å². The summed E-state index contributed by atoms with van der Waals surface area (Å²) in [4.78, 5) is 34.6. The molecule has 1 aliphatic rings. The number of nitrogens with one attached hydrogen (secondary N) is 2. The summed E-state index contributed by atoms with van der Waals surface area (Å²) in [5, 5.41) is 13.6. The van der Waals surface area contributed by atoms with E-state index in [1.807, 2.05) is 0 Å². The minimum absolute atomic E-state index is 0.212. The fourth-order valence-electron chi connectivity index (χ4n) is 2.88. The van der Waals surface area contributed by atoms with Gasteiger partial charge in [-0.2, -0.15) is 11.8 Å². The maximum absolute atomic E-state index is 12.1. The number of nitrogens with two attached hydrogens (primary N) is 1. The van der Waals surface area contributed by atoms with E-state index in [9.17, 15) is 14.4 Å². The van der Waals surface area contributed by atoms with Crippen LogP contribution in [0.1, 0.15) is 42.5 Å². The van der Waals surface area contributed by atoms with Crippen LogP contribution in [0.15, 0.2) is 18.2 Å². The number of nitrogen functional groups attached to an aromatic ring is 1. The molecule has 0 aromatic heterocycles. The largest absolute Gasteiger partial charge is 0.480 e. The summed E-state index contributed by atoms with van der Waals surface area (Å²) < 4.78 is 5.79. The van der Waals surface area contributed by atoms with Gasteiger partial charge in [-0.3, -0.25) is 14.4 Å². The molecule has 0 atom stereocenters. The lowest BCUT2D eigenvalue weighted by molar-refractivity contribution is -0.135. The van der Waals surface area contributed by atoms with E-state index in [2.05, 4.69) is 10.6 Å². The Morgan fingerprint density at radius 2 is 2.00 bits per heavy atom. The summed E-state index contributed by atoms with van der Waals surface area (Å²) in [6.45, 7) is 0.242. The Morgan fingerprint density at radius 3 is 2.71 bits per heavy atom. The van der Waals surface area contributed by atoms with Crippen molar-refractivity contribution < 1.29 is 24.2 Å². The standard InChI is InChI=1S/C19H27N3O5S/c20-15-7-6-13(19(26)21-11-18(24)25)10-16(15)22-17(23)12-28-9-3-8-27-14-4-1-2-5-14/h6-7,10,14H,1-5,8-9,11-12,20H2,(H,21,26)(H,22,23)(H,24,25). The van der Waals surface area contributed by atoms with Crippen molar-refractivity contribution in [3.8, 4) is 0 Å². The first kappa shape index (κ1) is 22.0. The third kappa shape index (κ3) is 7.77. The molecule has 0 bridgehead atoms. The molecule has 154 valence electrons. The van der Waals surface area contributed by atoms with Gasteiger partial charge >= 0.3 is 5.97 Å². The summed E-state index contributed by atoms with van der Waals surface area (Å²) in [5.41, 5.74) is 6.74. The predicted molar refractivity (Wildman–Crippen MR) is 110 cm³/mol. The topological polar surface area (TPSA) is 131 Å². The summed E-state index contributed by atoms with van der Waals surface area (Å²) in [6, 6.07) is 4.41. The molecule has 0 aliphatic heterocycles. The van der Waals surface area contributed by atoms with Crippen LogP contribution in [-0.2, 0) is 14.3 Å².